The van der Waals surface area contributed by atoms with Gasteiger partial charge in [0.2, 0.25) is 0 Å². The van der Waals surface area contributed by atoms with Gasteiger partial charge in [-0.05, 0) is 50.9 Å². The lowest BCUT2D eigenvalue weighted by Crippen LogP contribution is -2.24. The number of carbonyl (C=O) groups excluding carboxylic acids is 1. The Kier molecular flexibility index (Phi) is 9.41. The van der Waals surface area contributed by atoms with E-state index in [-0.39, 0.29) is 23.9 Å². The molecule has 2 N–H and O–H groups in total. The molecule has 0 aromatic carbocycles. The lowest BCUT2D eigenvalue weighted by molar-refractivity contribution is -0.152. The first-order chi connectivity index (χ1) is 12.6. The van der Waals surface area contributed by atoms with Crippen LogP contribution in [0.3, 0.4) is 0 Å². The van der Waals surface area contributed by atoms with Gasteiger partial charge in [0.05, 0.1) is 12.2 Å². The number of allylic oxidation sites excluding steroid dienone is 1. The molecule has 0 bridgehead atoms. The molecule has 1 saturated heterocycles. The van der Waals surface area contributed by atoms with Crippen molar-refractivity contribution >= 4 is 5.97 Å². The Morgan fingerprint density at radius 3 is 2.81 bits per heavy atom. The maximum Gasteiger partial charge on any atom is 0.306 e. The fourth-order valence-corrected chi connectivity index (χ4v) is 3.76. The van der Waals surface area contributed by atoms with Crippen LogP contribution in [0.5, 0.6) is 0 Å². The molecule has 2 rings (SSSR count). The van der Waals surface area contributed by atoms with Gasteiger partial charge < -0.3 is 14.9 Å². The molecule has 0 aromatic heterocycles. The molecule has 0 radical (unpaired) electrons. The predicted octanol–water partition coefficient (Wildman–Crippen LogP) is 4.30. The summed E-state index contributed by atoms with van der Waals surface area (Å²) in [6.45, 7) is 2.19. The highest BCUT2D eigenvalue weighted by molar-refractivity contribution is 5.69. The van der Waals surface area contributed by atoms with Crippen LogP contribution >= 0.6 is 0 Å². The minimum absolute atomic E-state index is 0.0353. The van der Waals surface area contributed by atoms with Crippen LogP contribution in [0.1, 0.15) is 77.6 Å². The Morgan fingerprint density at radius 2 is 2.00 bits per heavy atom. The van der Waals surface area contributed by atoms with Crippen molar-refractivity contribution in [3.8, 4) is 0 Å². The molecule has 4 nitrogen and oxygen atoms in total. The third-order valence-electron chi connectivity index (χ3n) is 5.51. The molecular formula is C22H36O4. The Labute approximate surface area is 158 Å². The van der Waals surface area contributed by atoms with Crippen molar-refractivity contribution in [2.24, 2.45) is 11.8 Å². The van der Waals surface area contributed by atoms with E-state index in [4.69, 9.17) is 4.74 Å². The van der Waals surface area contributed by atoms with Crippen LogP contribution in [0.2, 0.25) is 0 Å². The van der Waals surface area contributed by atoms with Crippen molar-refractivity contribution < 1.29 is 19.7 Å². The second-order valence-corrected chi connectivity index (χ2v) is 7.84. The van der Waals surface area contributed by atoms with Crippen LogP contribution in [0, 0.1) is 11.8 Å². The smallest absolute Gasteiger partial charge is 0.306 e. The molecule has 2 fully saturated rings. The number of aliphatic hydroxyl groups is 2. The van der Waals surface area contributed by atoms with Gasteiger partial charge >= 0.3 is 5.97 Å². The average molecular weight is 365 g/mol. The van der Waals surface area contributed by atoms with E-state index in [2.05, 4.69) is 13.0 Å². The zero-order chi connectivity index (χ0) is 18.8. The maximum atomic E-state index is 11.7. The number of hydrogen-bond acceptors (Lipinski definition) is 4. The minimum Gasteiger partial charge on any atom is -0.462 e. The molecule has 148 valence electrons. The SMILES string of the molecule is CCCCC/C=C\C[C@H](O)/C=C/C(O)[C@@H]1C[C@H]1[C@H]1CCCCCC(=O)O1. The first-order valence-corrected chi connectivity index (χ1v) is 10.5. The van der Waals surface area contributed by atoms with Gasteiger partial charge in [0.25, 0.3) is 0 Å². The maximum absolute atomic E-state index is 11.7. The molecule has 1 aliphatic carbocycles. The molecular weight excluding hydrogens is 328 g/mol. The highest BCUT2D eigenvalue weighted by atomic mass is 16.5. The first kappa shape index (κ1) is 21.2. The van der Waals surface area contributed by atoms with Crippen LogP contribution in [0.25, 0.3) is 0 Å². The second-order valence-electron chi connectivity index (χ2n) is 7.84. The van der Waals surface area contributed by atoms with Gasteiger partial charge in [-0.3, -0.25) is 4.79 Å². The summed E-state index contributed by atoms with van der Waals surface area (Å²) in [5.41, 5.74) is 0. The molecule has 1 aliphatic heterocycles. The molecule has 0 amide bonds. The van der Waals surface area contributed by atoms with Crippen LogP contribution in [-0.4, -0.2) is 34.5 Å². The summed E-state index contributed by atoms with van der Waals surface area (Å²) in [4.78, 5) is 11.7. The monoisotopic (exact) mass is 364 g/mol. The third-order valence-corrected chi connectivity index (χ3v) is 5.51. The number of ether oxygens (including phenoxy) is 1. The van der Waals surface area contributed by atoms with E-state index in [9.17, 15) is 15.0 Å². The fraction of sp³-hybridized carbons (Fsp3) is 0.773. The van der Waals surface area contributed by atoms with E-state index in [1.54, 1.807) is 12.2 Å². The summed E-state index contributed by atoms with van der Waals surface area (Å²) in [6.07, 6.45) is 17.2. The molecule has 1 saturated carbocycles. The van der Waals surface area contributed by atoms with Crippen molar-refractivity contribution in [1.29, 1.82) is 0 Å². The Balaban J connectivity index is 1.68. The number of hydrogen-bond donors (Lipinski definition) is 2. The van der Waals surface area contributed by atoms with E-state index in [1.807, 2.05) is 6.08 Å². The van der Waals surface area contributed by atoms with Gasteiger partial charge in [-0.1, -0.05) is 50.5 Å². The van der Waals surface area contributed by atoms with E-state index >= 15 is 0 Å². The summed E-state index contributed by atoms with van der Waals surface area (Å²) < 4.78 is 5.58. The summed E-state index contributed by atoms with van der Waals surface area (Å²) in [7, 11) is 0. The standard InChI is InChI=1S/C22H36O4/c1-2-3-4-5-6-8-11-17(23)14-15-20(24)18-16-19(18)21-12-9-7-10-13-22(25)26-21/h6,8,14-15,17-21,23-24H,2-5,7,9-13,16H2,1H3/b8-6-,15-14+/t17-,18+,19+,20?,21+/m0/s1. The summed E-state index contributed by atoms with van der Waals surface area (Å²) >= 11 is 0. The van der Waals surface area contributed by atoms with E-state index < -0.39 is 12.2 Å². The Bertz CT molecular complexity index is 471. The minimum atomic E-state index is -0.563. The second kappa shape index (κ2) is 11.6. The summed E-state index contributed by atoms with van der Waals surface area (Å²) in [5, 5.41) is 20.3. The molecule has 1 heterocycles. The Hall–Kier alpha value is -1.13. The predicted molar refractivity (Wildman–Crippen MR) is 104 cm³/mol. The molecule has 5 atom stereocenters. The largest absolute Gasteiger partial charge is 0.462 e. The van der Waals surface area contributed by atoms with Gasteiger partial charge in [-0.25, -0.2) is 0 Å². The number of unbranched alkanes of at least 4 members (excludes halogenated alkanes) is 3. The number of rotatable bonds is 10. The van der Waals surface area contributed by atoms with Crippen LogP contribution in [-0.2, 0) is 9.53 Å². The third kappa shape index (κ3) is 7.63. The average Bonchev–Trinajstić information content (AvgIpc) is 3.39. The van der Waals surface area contributed by atoms with Crippen LogP contribution in [0.15, 0.2) is 24.3 Å². The van der Waals surface area contributed by atoms with Crippen molar-refractivity contribution in [3.05, 3.63) is 24.3 Å². The summed E-state index contributed by atoms with van der Waals surface area (Å²) in [6, 6.07) is 0. The fourth-order valence-electron chi connectivity index (χ4n) is 3.76. The lowest BCUT2D eigenvalue weighted by atomic mass is 10.0. The zero-order valence-corrected chi connectivity index (χ0v) is 16.2. The van der Waals surface area contributed by atoms with Crippen LogP contribution in [0.4, 0.5) is 0 Å². The van der Waals surface area contributed by atoms with E-state index in [1.165, 1.54) is 19.3 Å². The number of carbonyl (C=O) groups is 1. The first-order valence-electron chi connectivity index (χ1n) is 10.5. The molecule has 26 heavy (non-hydrogen) atoms. The van der Waals surface area contributed by atoms with Gasteiger partial charge in [0.1, 0.15) is 6.10 Å². The molecule has 0 aromatic rings. The van der Waals surface area contributed by atoms with Gasteiger partial charge in [-0.2, -0.15) is 0 Å². The van der Waals surface area contributed by atoms with Crippen molar-refractivity contribution in [2.45, 2.75) is 95.9 Å². The van der Waals surface area contributed by atoms with Gasteiger partial charge in [-0.15, -0.1) is 0 Å². The topological polar surface area (TPSA) is 66.8 Å². The quantitative estimate of drug-likeness (QED) is 0.344. The molecule has 2 aliphatic rings. The van der Waals surface area contributed by atoms with E-state index in [0.29, 0.717) is 12.8 Å². The molecule has 1 unspecified atom stereocenters. The van der Waals surface area contributed by atoms with Gasteiger partial charge in [0.15, 0.2) is 0 Å². The van der Waals surface area contributed by atoms with Crippen LogP contribution < -0.4 is 0 Å². The summed E-state index contributed by atoms with van der Waals surface area (Å²) in [5.74, 6) is 0.332. The lowest BCUT2D eigenvalue weighted by Gasteiger charge is -2.21. The number of aliphatic hydroxyl groups excluding tert-OH is 2. The normalized spacial score (nSPS) is 29.3. The van der Waals surface area contributed by atoms with Gasteiger partial charge in [0, 0.05) is 12.3 Å². The highest BCUT2D eigenvalue weighted by Crippen LogP contribution is 2.47. The van der Waals surface area contributed by atoms with E-state index in [0.717, 1.165) is 38.5 Å². The molecule has 4 heteroatoms. The number of cyclic esters (lactones) is 1. The molecule has 0 spiro atoms. The highest BCUT2D eigenvalue weighted by Gasteiger charge is 2.47. The van der Waals surface area contributed by atoms with Crippen molar-refractivity contribution in [2.75, 3.05) is 0 Å². The number of esters is 1. The van der Waals surface area contributed by atoms with Crippen molar-refractivity contribution in [3.63, 3.8) is 0 Å². The zero-order valence-electron chi connectivity index (χ0n) is 16.2. The van der Waals surface area contributed by atoms with Crippen molar-refractivity contribution in [1.82, 2.24) is 0 Å². The Morgan fingerprint density at radius 1 is 1.15 bits per heavy atom.